The van der Waals surface area contributed by atoms with E-state index in [-0.39, 0.29) is 24.5 Å². The Labute approximate surface area is 101 Å². The Bertz CT molecular complexity index is 251. The summed E-state index contributed by atoms with van der Waals surface area (Å²) in [6.45, 7) is 6.71. The maximum atomic E-state index is 12.8. The van der Waals surface area contributed by atoms with Crippen molar-refractivity contribution in [2.45, 2.75) is 57.8 Å². The normalized spacial score (nSPS) is 28.4. The molecule has 1 aliphatic heterocycles. The zero-order valence-electron chi connectivity index (χ0n) is 10.8. The molecule has 5 heteroatoms. The van der Waals surface area contributed by atoms with Gasteiger partial charge in [0.15, 0.2) is 0 Å². The molecule has 0 aromatic rings. The van der Waals surface area contributed by atoms with Crippen LogP contribution in [0.15, 0.2) is 0 Å². The molecule has 0 amide bonds. The van der Waals surface area contributed by atoms with Crippen molar-refractivity contribution in [1.29, 1.82) is 0 Å². The third-order valence-corrected chi connectivity index (χ3v) is 3.66. The molecule has 0 unspecified atom stereocenters. The molecule has 0 spiro atoms. The molecule has 0 bridgehead atoms. The van der Waals surface area contributed by atoms with Gasteiger partial charge in [0.1, 0.15) is 0 Å². The van der Waals surface area contributed by atoms with Gasteiger partial charge in [-0.05, 0) is 26.7 Å². The molecule has 2 N–H and O–H groups in total. The second-order valence-corrected chi connectivity index (χ2v) is 5.70. The van der Waals surface area contributed by atoms with Crippen LogP contribution in [0.3, 0.4) is 0 Å². The van der Waals surface area contributed by atoms with Crippen LogP contribution in [0.1, 0.15) is 40.0 Å². The van der Waals surface area contributed by atoms with Crippen molar-refractivity contribution in [2.24, 2.45) is 11.7 Å². The van der Waals surface area contributed by atoms with Gasteiger partial charge in [-0.25, -0.2) is 0 Å². The van der Waals surface area contributed by atoms with Crippen LogP contribution in [0.5, 0.6) is 0 Å². The fourth-order valence-electron chi connectivity index (χ4n) is 2.64. The average molecular weight is 252 g/mol. The Morgan fingerprint density at radius 1 is 1.24 bits per heavy atom. The Hall–Kier alpha value is -0.290. The van der Waals surface area contributed by atoms with Crippen LogP contribution in [0.4, 0.5) is 13.2 Å². The molecule has 2 atom stereocenters. The molecule has 17 heavy (non-hydrogen) atoms. The van der Waals surface area contributed by atoms with E-state index in [1.807, 2.05) is 25.7 Å². The molecule has 1 saturated heterocycles. The van der Waals surface area contributed by atoms with E-state index in [1.54, 1.807) is 0 Å². The molecule has 1 heterocycles. The lowest BCUT2D eigenvalue weighted by Crippen LogP contribution is -2.57. The van der Waals surface area contributed by atoms with Crippen LogP contribution in [-0.4, -0.2) is 35.7 Å². The number of piperidine rings is 1. The summed E-state index contributed by atoms with van der Waals surface area (Å²) in [7, 11) is 0. The predicted molar refractivity (Wildman–Crippen MR) is 62.7 cm³/mol. The van der Waals surface area contributed by atoms with Gasteiger partial charge in [0.25, 0.3) is 0 Å². The van der Waals surface area contributed by atoms with E-state index in [1.165, 1.54) is 0 Å². The van der Waals surface area contributed by atoms with Crippen LogP contribution in [0.2, 0.25) is 0 Å². The maximum Gasteiger partial charge on any atom is 0.393 e. The first-order valence-corrected chi connectivity index (χ1v) is 6.24. The van der Waals surface area contributed by atoms with Gasteiger partial charge < -0.3 is 5.73 Å². The van der Waals surface area contributed by atoms with E-state index >= 15 is 0 Å². The first-order valence-electron chi connectivity index (χ1n) is 6.24. The minimum absolute atomic E-state index is 0.0577. The van der Waals surface area contributed by atoms with Crippen molar-refractivity contribution >= 4 is 0 Å². The number of hydrogen-bond donors (Lipinski definition) is 1. The zero-order chi connectivity index (χ0) is 13.3. The molecule has 102 valence electrons. The molecule has 0 saturated carbocycles. The highest BCUT2D eigenvalue weighted by molar-refractivity contribution is 4.91. The summed E-state index contributed by atoms with van der Waals surface area (Å²) in [5, 5.41) is 0. The predicted octanol–water partition coefficient (Wildman–Crippen LogP) is 2.78. The Balaban J connectivity index is 2.75. The summed E-state index contributed by atoms with van der Waals surface area (Å²) in [5.41, 5.74) is 5.57. The Morgan fingerprint density at radius 3 is 2.29 bits per heavy atom. The highest BCUT2D eigenvalue weighted by Gasteiger charge is 2.46. The number of likely N-dealkylation sites (tertiary alicyclic amines) is 1. The number of nitrogens with two attached hydrogens (primary N) is 1. The zero-order valence-corrected chi connectivity index (χ0v) is 10.8. The first-order chi connectivity index (χ1) is 7.66. The summed E-state index contributed by atoms with van der Waals surface area (Å²) in [6, 6.07) is -0.369. The maximum absolute atomic E-state index is 12.8. The van der Waals surface area contributed by atoms with Gasteiger partial charge in [-0.15, -0.1) is 0 Å². The Kier molecular flexibility index (Phi) is 4.47. The van der Waals surface area contributed by atoms with Crippen molar-refractivity contribution in [3.8, 4) is 0 Å². The van der Waals surface area contributed by atoms with Crippen LogP contribution < -0.4 is 5.73 Å². The van der Waals surface area contributed by atoms with Gasteiger partial charge >= 0.3 is 6.18 Å². The quantitative estimate of drug-likeness (QED) is 0.837. The summed E-state index contributed by atoms with van der Waals surface area (Å²) in [5.74, 6) is -1.28. The molecule has 1 rings (SSSR count). The number of nitrogens with zero attached hydrogens (tertiary/aromatic N) is 1. The van der Waals surface area contributed by atoms with Crippen molar-refractivity contribution in [2.75, 3.05) is 13.1 Å². The highest BCUT2D eigenvalue weighted by atomic mass is 19.4. The highest BCUT2D eigenvalue weighted by Crippen LogP contribution is 2.35. The lowest BCUT2D eigenvalue weighted by molar-refractivity contribution is -0.193. The van der Waals surface area contributed by atoms with E-state index in [9.17, 15) is 13.2 Å². The van der Waals surface area contributed by atoms with Gasteiger partial charge in [-0.1, -0.05) is 13.3 Å². The molecule has 0 radical (unpaired) electrons. The molecule has 1 fully saturated rings. The summed E-state index contributed by atoms with van der Waals surface area (Å²) in [4.78, 5) is 1.91. The standard InChI is InChI=1S/C12H23F3N2/c1-4-5-11(2,3)17-7-9(12(13,14)15)6-10(16)8-17/h9-10H,4-8,16H2,1-3H3/t9-,10+/m1/s1. The van der Waals surface area contributed by atoms with E-state index in [4.69, 9.17) is 5.73 Å². The van der Waals surface area contributed by atoms with Crippen molar-refractivity contribution in [1.82, 2.24) is 4.90 Å². The van der Waals surface area contributed by atoms with Crippen LogP contribution in [0, 0.1) is 5.92 Å². The summed E-state index contributed by atoms with van der Waals surface area (Å²) >= 11 is 0. The van der Waals surface area contributed by atoms with Crippen LogP contribution in [0.25, 0.3) is 0 Å². The van der Waals surface area contributed by atoms with Gasteiger partial charge in [-0.2, -0.15) is 13.2 Å². The smallest absolute Gasteiger partial charge is 0.327 e. The second-order valence-electron chi connectivity index (χ2n) is 5.70. The van der Waals surface area contributed by atoms with Crippen molar-refractivity contribution < 1.29 is 13.2 Å². The lowest BCUT2D eigenvalue weighted by atomic mass is 9.88. The minimum Gasteiger partial charge on any atom is -0.327 e. The molecule has 0 aromatic carbocycles. The van der Waals surface area contributed by atoms with Crippen LogP contribution in [-0.2, 0) is 0 Å². The third kappa shape index (κ3) is 3.85. The minimum atomic E-state index is -4.13. The first kappa shape index (κ1) is 14.8. The number of hydrogen-bond acceptors (Lipinski definition) is 2. The second kappa shape index (κ2) is 5.14. The SMILES string of the molecule is CCCC(C)(C)N1C[C@@H](N)C[C@@H](C(F)(F)F)C1. The van der Waals surface area contributed by atoms with Gasteiger partial charge in [0, 0.05) is 24.7 Å². The number of alkyl halides is 3. The molecule has 1 aliphatic rings. The Morgan fingerprint density at radius 2 is 1.82 bits per heavy atom. The molecule has 2 nitrogen and oxygen atoms in total. The van der Waals surface area contributed by atoms with Gasteiger partial charge in [0.2, 0.25) is 0 Å². The number of halogens is 3. The molecular weight excluding hydrogens is 229 g/mol. The molecule has 0 aliphatic carbocycles. The van der Waals surface area contributed by atoms with E-state index in [2.05, 4.69) is 0 Å². The van der Waals surface area contributed by atoms with Gasteiger partial charge in [-0.3, -0.25) is 4.90 Å². The average Bonchev–Trinajstić information content (AvgIpc) is 2.15. The van der Waals surface area contributed by atoms with Gasteiger partial charge in [0.05, 0.1) is 5.92 Å². The fourth-order valence-corrected chi connectivity index (χ4v) is 2.64. The summed E-state index contributed by atoms with van der Waals surface area (Å²) in [6.07, 6.45) is -2.21. The van der Waals surface area contributed by atoms with Crippen molar-refractivity contribution in [3.05, 3.63) is 0 Å². The van der Waals surface area contributed by atoms with Crippen molar-refractivity contribution in [3.63, 3.8) is 0 Å². The lowest BCUT2D eigenvalue weighted by Gasteiger charge is -2.46. The topological polar surface area (TPSA) is 29.3 Å². The number of rotatable bonds is 3. The molecule has 0 aromatic heterocycles. The van der Waals surface area contributed by atoms with E-state index in [0.29, 0.717) is 6.54 Å². The van der Waals surface area contributed by atoms with Crippen LogP contribution >= 0.6 is 0 Å². The fraction of sp³-hybridized carbons (Fsp3) is 1.00. The van der Waals surface area contributed by atoms with E-state index in [0.717, 1.165) is 12.8 Å². The monoisotopic (exact) mass is 252 g/mol. The third-order valence-electron chi connectivity index (χ3n) is 3.66. The largest absolute Gasteiger partial charge is 0.393 e. The molecular formula is C12H23F3N2. The summed E-state index contributed by atoms with van der Waals surface area (Å²) < 4.78 is 38.3. The van der Waals surface area contributed by atoms with E-state index < -0.39 is 12.1 Å².